The van der Waals surface area contributed by atoms with E-state index in [9.17, 15) is 4.79 Å². The van der Waals surface area contributed by atoms with E-state index in [1.807, 2.05) is 31.3 Å². The fraction of sp³-hybridized carbons (Fsp3) is 0.562. The Hall–Kier alpha value is -0.870. The molecule has 20 heavy (non-hydrogen) atoms. The Bertz CT molecular complexity index is 454. The van der Waals surface area contributed by atoms with Crippen LogP contribution in [-0.2, 0) is 11.3 Å². The lowest BCUT2D eigenvalue weighted by Crippen LogP contribution is -2.35. The number of nitrogens with zero attached hydrogens (tertiary/aromatic N) is 1. The van der Waals surface area contributed by atoms with Crippen molar-refractivity contribution in [2.45, 2.75) is 46.2 Å². The molecule has 2 N–H and O–H groups in total. The number of hydrogen-bond donors (Lipinski definition) is 1. The topological polar surface area (TPSA) is 46.3 Å². The quantitative estimate of drug-likeness (QED) is 0.890. The molecule has 1 atom stereocenters. The lowest BCUT2D eigenvalue weighted by molar-refractivity contribution is -0.130. The second kappa shape index (κ2) is 7.23. The molecule has 0 saturated carbocycles. The SMILES string of the molecule is CN(Cc1cccc(Br)c1)C(=O)CC(N)CC(C)(C)C. The largest absolute Gasteiger partial charge is 0.341 e. The molecule has 0 aliphatic rings. The zero-order valence-electron chi connectivity index (χ0n) is 12.8. The molecule has 0 heterocycles. The molecule has 112 valence electrons. The molecular weight excluding hydrogens is 316 g/mol. The highest BCUT2D eigenvalue weighted by molar-refractivity contribution is 9.10. The fourth-order valence-electron chi connectivity index (χ4n) is 2.24. The van der Waals surface area contributed by atoms with Crippen molar-refractivity contribution in [1.82, 2.24) is 4.90 Å². The average Bonchev–Trinajstić information content (AvgIpc) is 2.25. The van der Waals surface area contributed by atoms with Crippen molar-refractivity contribution in [1.29, 1.82) is 0 Å². The second-order valence-corrected chi connectivity index (χ2v) is 7.52. The van der Waals surface area contributed by atoms with E-state index in [-0.39, 0.29) is 17.4 Å². The van der Waals surface area contributed by atoms with Gasteiger partial charge in [-0.05, 0) is 29.5 Å². The van der Waals surface area contributed by atoms with Crippen LogP contribution in [0.15, 0.2) is 28.7 Å². The van der Waals surface area contributed by atoms with Crippen LogP contribution in [0.1, 0.15) is 39.2 Å². The van der Waals surface area contributed by atoms with Crippen molar-refractivity contribution < 1.29 is 4.79 Å². The fourth-order valence-corrected chi connectivity index (χ4v) is 2.68. The summed E-state index contributed by atoms with van der Waals surface area (Å²) in [5.41, 5.74) is 7.33. The van der Waals surface area contributed by atoms with Gasteiger partial charge in [0.25, 0.3) is 0 Å². The summed E-state index contributed by atoms with van der Waals surface area (Å²) in [4.78, 5) is 13.9. The smallest absolute Gasteiger partial charge is 0.224 e. The van der Waals surface area contributed by atoms with Gasteiger partial charge in [-0.2, -0.15) is 0 Å². The molecule has 0 radical (unpaired) electrons. The molecule has 1 aromatic rings. The molecule has 1 unspecified atom stereocenters. The maximum atomic E-state index is 12.2. The third-order valence-corrected chi connectivity index (χ3v) is 3.54. The van der Waals surface area contributed by atoms with E-state index in [2.05, 4.69) is 36.7 Å². The highest BCUT2D eigenvalue weighted by Crippen LogP contribution is 2.21. The molecule has 3 nitrogen and oxygen atoms in total. The van der Waals surface area contributed by atoms with Gasteiger partial charge in [0, 0.05) is 30.5 Å². The van der Waals surface area contributed by atoms with Crippen molar-refractivity contribution in [3.63, 3.8) is 0 Å². The first kappa shape index (κ1) is 17.2. The summed E-state index contributed by atoms with van der Waals surface area (Å²) in [7, 11) is 1.83. The first-order valence-electron chi connectivity index (χ1n) is 6.91. The normalized spacial score (nSPS) is 13.1. The number of carbonyl (C=O) groups excluding carboxylic acids is 1. The van der Waals surface area contributed by atoms with Crippen LogP contribution in [0.4, 0.5) is 0 Å². The number of hydrogen-bond acceptors (Lipinski definition) is 2. The van der Waals surface area contributed by atoms with E-state index >= 15 is 0 Å². The molecule has 0 fully saturated rings. The van der Waals surface area contributed by atoms with E-state index in [4.69, 9.17) is 5.73 Å². The predicted molar refractivity (Wildman–Crippen MR) is 87.3 cm³/mol. The summed E-state index contributed by atoms with van der Waals surface area (Å²) < 4.78 is 1.03. The van der Waals surface area contributed by atoms with Gasteiger partial charge in [0.1, 0.15) is 0 Å². The van der Waals surface area contributed by atoms with E-state index in [1.165, 1.54) is 0 Å². The third kappa shape index (κ3) is 6.53. The van der Waals surface area contributed by atoms with E-state index < -0.39 is 0 Å². The molecule has 4 heteroatoms. The third-order valence-electron chi connectivity index (χ3n) is 3.05. The van der Waals surface area contributed by atoms with Gasteiger partial charge in [-0.1, -0.05) is 48.8 Å². The molecule has 0 aromatic heterocycles. The maximum Gasteiger partial charge on any atom is 0.224 e. The Kier molecular flexibility index (Phi) is 6.21. The van der Waals surface area contributed by atoms with Gasteiger partial charge in [0.15, 0.2) is 0 Å². The molecule has 0 spiro atoms. The minimum absolute atomic E-state index is 0.0764. The Labute approximate surface area is 130 Å². The van der Waals surface area contributed by atoms with Crippen LogP contribution in [0.2, 0.25) is 0 Å². The molecule has 0 aliphatic carbocycles. The number of amides is 1. The van der Waals surface area contributed by atoms with Crippen LogP contribution in [-0.4, -0.2) is 23.9 Å². The van der Waals surface area contributed by atoms with Crippen molar-refractivity contribution in [2.24, 2.45) is 11.1 Å². The van der Waals surface area contributed by atoms with Gasteiger partial charge < -0.3 is 10.6 Å². The molecule has 0 aliphatic heterocycles. The summed E-state index contributed by atoms with van der Waals surface area (Å²) >= 11 is 3.44. The number of nitrogens with two attached hydrogens (primary N) is 1. The van der Waals surface area contributed by atoms with Gasteiger partial charge in [-0.25, -0.2) is 0 Å². The molecule has 0 saturated heterocycles. The lowest BCUT2D eigenvalue weighted by Gasteiger charge is -2.25. The Morgan fingerprint density at radius 1 is 1.40 bits per heavy atom. The van der Waals surface area contributed by atoms with Gasteiger partial charge in [-0.15, -0.1) is 0 Å². The van der Waals surface area contributed by atoms with Crippen molar-refractivity contribution in [2.75, 3.05) is 7.05 Å². The zero-order chi connectivity index (χ0) is 15.3. The number of benzene rings is 1. The highest BCUT2D eigenvalue weighted by Gasteiger charge is 2.19. The first-order valence-corrected chi connectivity index (χ1v) is 7.71. The standard InChI is InChI=1S/C16H25BrN2O/c1-16(2,3)10-14(18)9-15(20)19(4)11-12-6-5-7-13(17)8-12/h5-8,14H,9-11,18H2,1-4H3. The predicted octanol–water partition coefficient (Wildman–Crippen LogP) is 3.56. The molecule has 1 amide bonds. The van der Waals surface area contributed by atoms with Crippen LogP contribution in [0.3, 0.4) is 0 Å². The maximum absolute atomic E-state index is 12.2. The highest BCUT2D eigenvalue weighted by atomic mass is 79.9. The number of rotatable bonds is 5. The van der Waals surface area contributed by atoms with Crippen molar-refractivity contribution >= 4 is 21.8 Å². The van der Waals surface area contributed by atoms with E-state index in [0.29, 0.717) is 13.0 Å². The lowest BCUT2D eigenvalue weighted by atomic mass is 9.87. The van der Waals surface area contributed by atoms with Crippen molar-refractivity contribution in [3.05, 3.63) is 34.3 Å². The van der Waals surface area contributed by atoms with Crippen LogP contribution in [0.25, 0.3) is 0 Å². The van der Waals surface area contributed by atoms with Crippen LogP contribution in [0.5, 0.6) is 0 Å². The molecule has 1 rings (SSSR count). The van der Waals surface area contributed by atoms with Gasteiger partial charge in [0.05, 0.1) is 0 Å². The summed E-state index contributed by atoms with van der Waals surface area (Å²) in [6.07, 6.45) is 1.26. The van der Waals surface area contributed by atoms with Gasteiger partial charge in [-0.3, -0.25) is 4.79 Å². The summed E-state index contributed by atoms with van der Waals surface area (Å²) in [6.45, 7) is 7.04. The van der Waals surface area contributed by atoms with E-state index in [1.54, 1.807) is 4.90 Å². The van der Waals surface area contributed by atoms with Crippen LogP contribution in [0, 0.1) is 5.41 Å². The van der Waals surface area contributed by atoms with Crippen LogP contribution >= 0.6 is 15.9 Å². The van der Waals surface area contributed by atoms with Crippen molar-refractivity contribution in [3.8, 4) is 0 Å². The average molecular weight is 341 g/mol. The van der Waals surface area contributed by atoms with Gasteiger partial charge in [0.2, 0.25) is 5.91 Å². The number of carbonyl (C=O) groups is 1. The van der Waals surface area contributed by atoms with Crippen LogP contribution < -0.4 is 5.73 Å². The first-order chi connectivity index (χ1) is 9.17. The summed E-state index contributed by atoms with van der Waals surface area (Å²) in [5.74, 6) is 0.0988. The summed E-state index contributed by atoms with van der Waals surface area (Å²) in [6, 6.07) is 7.92. The molecule has 0 bridgehead atoms. The summed E-state index contributed by atoms with van der Waals surface area (Å²) in [5, 5.41) is 0. The number of halogens is 1. The molecule has 1 aromatic carbocycles. The monoisotopic (exact) mass is 340 g/mol. The van der Waals surface area contributed by atoms with E-state index in [0.717, 1.165) is 16.5 Å². The molecular formula is C16H25BrN2O. The minimum Gasteiger partial charge on any atom is -0.341 e. The Balaban J connectivity index is 2.51. The zero-order valence-corrected chi connectivity index (χ0v) is 14.4. The Morgan fingerprint density at radius 2 is 2.05 bits per heavy atom. The second-order valence-electron chi connectivity index (χ2n) is 6.61. The van der Waals surface area contributed by atoms with Gasteiger partial charge >= 0.3 is 0 Å². The Morgan fingerprint density at radius 3 is 2.60 bits per heavy atom. The minimum atomic E-state index is -0.0764.